The van der Waals surface area contributed by atoms with Gasteiger partial charge in [-0.3, -0.25) is 14.3 Å². The van der Waals surface area contributed by atoms with Crippen LogP contribution in [0.1, 0.15) is 24.1 Å². The number of aliphatic imine (C=N–C) groups is 1. The number of guanidine groups is 1. The van der Waals surface area contributed by atoms with Crippen molar-refractivity contribution in [3.8, 4) is 22.5 Å². The molecule has 43 heavy (non-hydrogen) atoms. The summed E-state index contributed by atoms with van der Waals surface area (Å²) in [6, 6.07) is 19.9. The molecule has 0 bridgehead atoms. The van der Waals surface area contributed by atoms with Crippen LogP contribution in [0.2, 0.25) is 0 Å². The number of fused-ring (bicyclic) bond motifs is 1. The van der Waals surface area contributed by atoms with Crippen molar-refractivity contribution >= 4 is 45.5 Å². The molecule has 5 aromatic rings. The topological polar surface area (TPSA) is 123 Å². The van der Waals surface area contributed by atoms with E-state index in [4.69, 9.17) is 5.26 Å². The van der Waals surface area contributed by atoms with E-state index in [0.29, 0.717) is 18.9 Å². The van der Waals surface area contributed by atoms with Gasteiger partial charge in [-0.2, -0.15) is 5.26 Å². The fraction of sp³-hybridized carbons (Fsp3) is 0.219. The summed E-state index contributed by atoms with van der Waals surface area (Å²) in [5.41, 5.74) is 4.74. The van der Waals surface area contributed by atoms with E-state index in [2.05, 4.69) is 64.6 Å². The highest BCUT2D eigenvalue weighted by molar-refractivity contribution is 7.14. The van der Waals surface area contributed by atoms with Crippen molar-refractivity contribution in [3.05, 3.63) is 90.3 Å². The second kappa shape index (κ2) is 13.3. The number of hydrogen-bond acceptors (Lipinski definition) is 7. The number of amides is 1. The Kier molecular flexibility index (Phi) is 8.68. The minimum absolute atomic E-state index is 0.0432. The average Bonchev–Trinajstić information content (AvgIpc) is 3.81. The molecule has 0 saturated carbocycles. The summed E-state index contributed by atoms with van der Waals surface area (Å²) in [7, 11) is 0. The lowest BCUT2D eigenvalue weighted by molar-refractivity contribution is -0.116. The highest BCUT2D eigenvalue weighted by Gasteiger charge is 2.15. The molecule has 3 N–H and O–H groups in total. The van der Waals surface area contributed by atoms with Gasteiger partial charge in [-0.15, -0.1) is 4.99 Å². The predicted octanol–water partition coefficient (Wildman–Crippen LogP) is 5.61. The Morgan fingerprint density at radius 1 is 1.02 bits per heavy atom. The Morgan fingerprint density at radius 2 is 1.86 bits per heavy atom. The SMILES string of the molecule is N#C/N=C(\NCc1cnc(-n2ccc3c(-c4cccc(NC(=O)CCN5CCCC5)c4)cccc32)s1)Nc1ccncc1. The van der Waals surface area contributed by atoms with E-state index >= 15 is 0 Å². The van der Waals surface area contributed by atoms with E-state index in [1.54, 1.807) is 35.9 Å². The second-order valence-corrected chi connectivity index (χ2v) is 11.3. The normalized spacial score (nSPS) is 13.6. The quantitative estimate of drug-likeness (QED) is 0.116. The molecule has 0 aliphatic carbocycles. The molecular weight excluding hydrogens is 558 g/mol. The van der Waals surface area contributed by atoms with Crippen LogP contribution in [0.15, 0.2) is 90.4 Å². The molecule has 216 valence electrons. The van der Waals surface area contributed by atoms with Crippen molar-refractivity contribution in [2.45, 2.75) is 25.8 Å². The second-order valence-electron chi connectivity index (χ2n) is 10.2. The summed E-state index contributed by atoms with van der Waals surface area (Å²) in [5, 5.41) is 20.4. The van der Waals surface area contributed by atoms with Gasteiger partial charge in [0.1, 0.15) is 0 Å². The number of aromatic nitrogens is 3. The zero-order chi connectivity index (χ0) is 29.4. The molecule has 1 amide bonds. The summed E-state index contributed by atoms with van der Waals surface area (Å²) in [4.78, 5) is 28.5. The van der Waals surface area contributed by atoms with Crippen LogP contribution in [-0.4, -0.2) is 50.9 Å². The molecule has 1 saturated heterocycles. The maximum absolute atomic E-state index is 12.6. The number of hydrogen-bond donors (Lipinski definition) is 3. The van der Waals surface area contributed by atoms with E-state index in [-0.39, 0.29) is 5.91 Å². The molecule has 10 nitrogen and oxygen atoms in total. The Labute approximate surface area is 253 Å². The minimum atomic E-state index is 0.0432. The van der Waals surface area contributed by atoms with Crippen LogP contribution in [0.3, 0.4) is 0 Å². The summed E-state index contributed by atoms with van der Waals surface area (Å²) >= 11 is 1.56. The number of nitriles is 1. The van der Waals surface area contributed by atoms with Gasteiger partial charge in [0.15, 0.2) is 5.13 Å². The maximum atomic E-state index is 12.6. The van der Waals surface area contributed by atoms with Crippen molar-refractivity contribution in [2.75, 3.05) is 30.3 Å². The van der Waals surface area contributed by atoms with Gasteiger partial charge in [0, 0.05) is 59.4 Å². The van der Waals surface area contributed by atoms with Gasteiger partial charge in [-0.05, 0) is 73.5 Å². The van der Waals surface area contributed by atoms with Gasteiger partial charge in [0.2, 0.25) is 18.1 Å². The summed E-state index contributed by atoms with van der Waals surface area (Å²) < 4.78 is 2.08. The molecule has 6 rings (SSSR count). The fourth-order valence-electron chi connectivity index (χ4n) is 5.23. The number of nitrogens with one attached hydrogen (secondary N) is 3. The van der Waals surface area contributed by atoms with Gasteiger partial charge in [0.25, 0.3) is 0 Å². The van der Waals surface area contributed by atoms with Crippen molar-refractivity contribution in [2.24, 2.45) is 4.99 Å². The molecule has 0 atom stereocenters. The molecule has 0 unspecified atom stereocenters. The number of carbonyl (C=O) groups excluding carboxylic acids is 1. The largest absolute Gasteiger partial charge is 0.350 e. The molecule has 3 aromatic heterocycles. The number of likely N-dealkylation sites (tertiary alicyclic amines) is 1. The Morgan fingerprint density at radius 3 is 2.70 bits per heavy atom. The minimum Gasteiger partial charge on any atom is -0.350 e. The van der Waals surface area contributed by atoms with Crippen LogP contribution in [0, 0.1) is 11.5 Å². The zero-order valence-corrected chi connectivity index (χ0v) is 24.3. The standard InChI is InChI=1S/C32H31N9OS/c33-22-37-31(39-24-9-13-34-14-10-24)35-20-26-21-36-32(43-26)41-18-11-28-27(7-4-8-29(28)41)23-5-3-6-25(19-23)38-30(42)12-17-40-15-1-2-16-40/h3-11,13-14,18-19,21H,1-2,12,15-17,20H2,(H,38,42)(H2,34,35,37,39). The number of thiazole rings is 1. The van der Waals surface area contributed by atoms with Crippen LogP contribution < -0.4 is 16.0 Å². The average molecular weight is 590 g/mol. The number of nitrogens with zero attached hydrogens (tertiary/aromatic N) is 6. The first kappa shape index (κ1) is 28.1. The van der Waals surface area contributed by atoms with Crippen LogP contribution in [-0.2, 0) is 11.3 Å². The van der Waals surface area contributed by atoms with Gasteiger partial charge in [-0.25, -0.2) is 4.98 Å². The van der Waals surface area contributed by atoms with E-state index < -0.39 is 0 Å². The monoisotopic (exact) mass is 589 g/mol. The van der Waals surface area contributed by atoms with E-state index in [0.717, 1.165) is 63.0 Å². The summed E-state index contributed by atoms with van der Waals surface area (Å²) in [5.74, 6) is 0.395. The van der Waals surface area contributed by atoms with E-state index in [9.17, 15) is 4.79 Å². The van der Waals surface area contributed by atoms with Crippen LogP contribution in [0.4, 0.5) is 11.4 Å². The van der Waals surface area contributed by atoms with Gasteiger partial charge in [-0.1, -0.05) is 35.6 Å². The molecular formula is C32H31N9OS. The van der Waals surface area contributed by atoms with Crippen molar-refractivity contribution in [1.29, 1.82) is 5.26 Å². The molecule has 1 fully saturated rings. The van der Waals surface area contributed by atoms with Gasteiger partial charge >= 0.3 is 0 Å². The summed E-state index contributed by atoms with van der Waals surface area (Å²) in [6.07, 6.45) is 12.0. The van der Waals surface area contributed by atoms with E-state index in [1.165, 1.54) is 12.8 Å². The maximum Gasteiger partial charge on any atom is 0.225 e. The molecule has 1 aliphatic rings. The fourth-order valence-corrected chi connectivity index (χ4v) is 6.08. The first-order valence-electron chi connectivity index (χ1n) is 14.2. The Balaban J connectivity index is 1.15. The molecule has 0 spiro atoms. The van der Waals surface area contributed by atoms with Crippen LogP contribution in [0.25, 0.3) is 27.2 Å². The number of benzene rings is 2. The molecule has 2 aromatic carbocycles. The van der Waals surface area contributed by atoms with Crippen molar-refractivity contribution in [3.63, 3.8) is 0 Å². The first-order valence-corrected chi connectivity index (χ1v) is 15.0. The number of rotatable bonds is 9. The van der Waals surface area contributed by atoms with Crippen LogP contribution in [0.5, 0.6) is 0 Å². The highest BCUT2D eigenvalue weighted by Crippen LogP contribution is 2.33. The number of anilines is 2. The van der Waals surface area contributed by atoms with Crippen molar-refractivity contribution in [1.82, 2.24) is 24.8 Å². The zero-order valence-electron chi connectivity index (χ0n) is 23.5. The lowest BCUT2D eigenvalue weighted by Crippen LogP contribution is -2.29. The lowest BCUT2D eigenvalue weighted by atomic mass is 10.0. The molecule has 4 heterocycles. The Hall–Kier alpha value is -5.05. The lowest BCUT2D eigenvalue weighted by Gasteiger charge is -2.14. The van der Waals surface area contributed by atoms with E-state index in [1.807, 2.05) is 42.9 Å². The molecule has 1 aliphatic heterocycles. The Bertz CT molecular complexity index is 1780. The smallest absolute Gasteiger partial charge is 0.225 e. The van der Waals surface area contributed by atoms with Crippen molar-refractivity contribution < 1.29 is 4.79 Å². The summed E-state index contributed by atoms with van der Waals surface area (Å²) in [6.45, 7) is 3.45. The third-order valence-electron chi connectivity index (χ3n) is 7.33. The van der Waals surface area contributed by atoms with Gasteiger partial charge < -0.3 is 20.9 Å². The number of pyridine rings is 1. The van der Waals surface area contributed by atoms with Gasteiger partial charge in [0.05, 0.1) is 12.1 Å². The number of carbonyl (C=O) groups is 1. The molecule has 0 radical (unpaired) electrons. The molecule has 11 heteroatoms. The predicted molar refractivity (Wildman–Crippen MR) is 171 cm³/mol. The highest BCUT2D eigenvalue weighted by atomic mass is 32.1. The first-order chi connectivity index (χ1) is 21.2. The third-order valence-corrected chi connectivity index (χ3v) is 8.32. The van der Waals surface area contributed by atoms with Crippen LogP contribution >= 0.6 is 11.3 Å². The third kappa shape index (κ3) is 6.89.